The molecule has 0 radical (unpaired) electrons. The minimum absolute atomic E-state index is 0.272. The van der Waals surface area contributed by atoms with Crippen molar-refractivity contribution < 1.29 is 4.42 Å². The van der Waals surface area contributed by atoms with Gasteiger partial charge in [0.15, 0.2) is 0 Å². The molecule has 0 aliphatic carbocycles. The summed E-state index contributed by atoms with van der Waals surface area (Å²) in [4.78, 5) is 0. The molecule has 0 saturated carbocycles. The maximum Gasteiger partial charge on any atom is 0.0950 e. The van der Waals surface area contributed by atoms with Crippen molar-refractivity contribution in [3.63, 3.8) is 0 Å². The van der Waals surface area contributed by atoms with Crippen LogP contribution in [-0.4, -0.2) is 16.3 Å². The second-order valence-corrected chi connectivity index (χ2v) is 5.15. The minimum Gasteiger partial charge on any atom is -0.472 e. The van der Waals surface area contributed by atoms with E-state index in [0.29, 0.717) is 6.04 Å². The van der Waals surface area contributed by atoms with Crippen molar-refractivity contribution in [3.8, 4) is 0 Å². The molecule has 2 aromatic rings. The van der Waals surface area contributed by atoms with E-state index in [9.17, 15) is 0 Å². The third-order valence-electron chi connectivity index (χ3n) is 3.19. The molecule has 0 aliphatic rings. The van der Waals surface area contributed by atoms with Crippen LogP contribution < -0.4 is 5.32 Å². The molecule has 0 aromatic carbocycles. The standard InChI is InChI=1S/C15H23N3O/c1-4-7-16-15(13-6-9-19-11-13)10-14-5-8-18(17-14)12(2)3/h5-6,8-9,11-12,15-16H,4,7,10H2,1-3H3. The van der Waals surface area contributed by atoms with Gasteiger partial charge in [0.05, 0.1) is 18.2 Å². The molecule has 19 heavy (non-hydrogen) atoms. The van der Waals surface area contributed by atoms with E-state index in [0.717, 1.165) is 25.1 Å². The van der Waals surface area contributed by atoms with Gasteiger partial charge in [0.2, 0.25) is 0 Å². The van der Waals surface area contributed by atoms with Gasteiger partial charge in [-0.3, -0.25) is 4.68 Å². The molecule has 1 unspecified atom stereocenters. The highest BCUT2D eigenvalue weighted by Gasteiger charge is 2.14. The molecule has 1 atom stereocenters. The number of aromatic nitrogens is 2. The molecule has 1 N–H and O–H groups in total. The lowest BCUT2D eigenvalue weighted by Crippen LogP contribution is -2.24. The molecule has 0 fully saturated rings. The molecule has 0 amide bonds. The largest absolute Gasteiger partial charge is 0.472 e. The smallest absolute Gasteiger partial charge is 0.0950 e. The van der Waals surface area contributed by atoms with Gasteiger partial charge in [-0.25, -0.2) is 0 Å². The fourth-order valence-electron chi connectivity index (χ4n) is 2.08. The molecule has 0 aliphatic heterocycles. The Morgan fingerprint density at radius 2 is 2.21 bits per heavy atom. The molecule has 4 nitrogen and oxygen atoms in total. The molecule has 0 spiro atoms. The Bertz CT molecular complexity index is 473. The molecule has 0 saturated heterocycles. The van der Waals surface area contributed by atoms with Crippen LogP contribution in [0.3, 0.4) is 0 Å². The van der Waals surface area contributed by atoms with Crippen LogP contribution in [-0.2, 0) is 6.42 Å². The zero-order chi connectivity index (χ0) is 13.7. The molecule has 2 heterocycles. The lowest BCUT2D eigenvalue weighted by molar-refractivity contribution is 0.492. The highest BCUT2D eigenvalue weighted by molar-refractivity contribution is 5.15. The second kappa shape index (κ2) is 6.57. The van der Waals surface area contributed by atoms with Crippen LogP contribution in [0.25, 0.3) is 0 Å². The van der Waals surface area contributed by atoms with Gasteiger partial charge in [-0.05, 0) is 38.9 Å². The molecular weight excluding hydrogens is 238 g/mol. The highest BCUT2D eigenvalue weighted by Crippen LogP contribution is 2.18. The number of furan rings is 1. The third kappa shape index (κ3) is 3.70. The molecule has 104 valence electrons. The third-order valence-corrected chi connectivity index (χ3v) is 3.19. The zero-order valence-electron chi connectivity index (χ0n) is 12.0. The summed E-state index contributed by atoms with van der Waals surface area (Å²) in [6.07, 6.45) is 7.59. The van der Waals surface area contributed by atoms with Crippen molar-refractivity contribution in [3.05, 3.63) is 42.1 Å². The Balaban J connectivity index is 2.06. The van der Waals surface area contributed by atoms with E-state index in [1.807, 2.05) is 23.2 Å². The summed E-state index contributed by atoms with van der Waals surface area (Å²) in [5.74, 6) is 0. The van der Waals surface area contributed by atoms with Crippen molar-refractivity contribution in [1.82, 2.24) is 15.1 Å². The van der Waals surface area contributed by atoms with Crippen molar-refractivity contribution in [2.45, 2.75) is 45.7 Å². The Morgan fingerprint density at radius 1 is 1.37 bits per heavy atom. The topological polar surface area (TPSA) is 43.0 Å². The molecule has 2 aromatic heterocycles. The number of hydrogen-bond donors (Lipinski definition) is 1. The van der Waals surface area contributed by atoms with Gasteiger partial charge < -0.3 is 9.73 Å². The van der Waals surface area contributed by atoms with Crippen molar-refractivity contribution in [1.29, 1.82) is 0 Å². The Hall–Kier alpha value is -1.55. The van der Waals surface area contributed by atoms with E-state index in [4.69, 9.17) is 4.42 Å². The fourth-order valence-corrected chi connectivity index (χ4v) is 2.08. The minimum atomic E-state index is 0.272. The van der Waals surface area contributed by atoms with Crippen LogP contribution in [0.1, 0.15) is 50.5 Å². The van der Waals surface area contributed by atoms with E-state index >= 15 is 0 Å². The van der Waals surface area contributed by atoms with E-state index in [1.165, 1.54) is 5.56 Å². The monoisotopic (exact) mass is 261 g/mol. The second-order valence-electron chi connectivity index (χ2n) is 5.15. The van der Waals surface area contributed by atoms with E-state index < -0.39 is 0 Å². The number of hydrogen-bond acceptors (Lipinski definition) is 3. The summed E-state index contributed by atoms with van der Waals surface area (Å²) in [6, 6.07) is 4.80. The van der Waals surface area contributed by atoms with Crippen LogP contribution >= 0.6 is 0 Å². The average molecular weight is 261 g/mol. The summed E-state index contributed by atoms with van der Waals surface area (Å²) in [6.45, 7) is 7.45. The predicted molar refractivity (Wildman–Crippen MR) is 76.1 cm³/mol. The van der Waals surface area contributed by atoms with E-state index in [-0.39, 0.29) is 6.04 Å². The molecular formula is C15H23N3O. The lowest BCUT2D eigenvalue weighted by atomic mass is 10.1. The maximum absolute atomic E-state index is 5.19. The zero-order valence-corrected chi connectivity index (χ0v) is 12.0. The van der Waals surface area contributed by atoms with Crippen LogP contribution in [0.15, 0.2) is 35.3 Å². The van der Waals surface area contributed by atoms with E-state index in [1.54, 1.807) is 6.26 Å². The first-order valence-corrected chi connectivity index (χ1v) is 7.00. The SMILES string of the molecule is CCCNC(Cc1ccn(C(C)C)n1)c1ccoc1. The Labute approximate surface area is 114 Å². The van der Waals surface area contributed by atoms with Gasteiger partial charge in [0, 0.05) is 30.3 Å². The van der Waals surface area contributed by atoms with Crippen LogP contribution in [0, 0.1) is 0 Å². The summed E-state index contributed by atoms with van der Waals surface area (Å²) in [7, 11) is 0. The van der Waals surface area contributed by atoms with Gasteiger partial charge >= 0.3 is 0 Å². The van der Waals surface area contributed by atoms with Gasteiger partial charge in [-0.15, -0.1) is 0 Å². The predicted octanol–water partition coefficient (Wildman–Crippen LogP) is 3.34. The molecule has 2 rings (SSSR count). The fraction of sp³-hybridized carbons (Fsp3) is 0.533. The van der Waals surface area contributed by atoms with Gasteiger partial charge in [-0.1, -0.05) is 6.92 Å². The first-order chi connectivity index (χ1) is 9.20. The van der Waals surface area contributed by atoms with Crippen LogP contribution in [0.5, 0.6) is 0 Å². The van der Waals surface area contributed by atoms with Gasteiger partial charge in [0.1, 0.15) is 0 Å². The molecule has 0 bridgehead atoms. The number of nitrogens with zero attached hydrogens (tertiary/aromatic N) is 2. The highest BCUT2D eigenvalue weighted by atomic mass is 16.3. The van der Waals surface area contributed by atoms with Gasteiger partial charge in [-0.2, -0.15) is 5.10 Å². The average Bonchev–Trinajstić information content (AvgIpc) is 3.05. The van der Waals surface area contributed by atoms with Gasteiger partial charge in [0.25, 0.3) is 0 Å². The normalized spacial score (nSPS) is 13.1. The van der Waals surface area contributed by atoms with Crippen LogP contribution in [0.2, 0.25) is 0 Å². The number of nitrogens with one attached hydrogen (secondary N) is 1. The first kappa shape index (κ1) is 13.9. The summed E-state index contributed by atoms with van der Waals surface area (Å²) in [5.41, 5.74) is 2.30. The maximum atomic E-state index is 5.19. The van der Waals surface area contributed by atoms with Crippen molar-refractivity contribution in [2.24, 2.45) is 0 Å². The summed E-state index contributed by atoms with van der Waals surface area (Å²) >= 11 is 0. The lowest BCUT2D eigenvalue weighted by Gasteiger charge is -2.15. The first-order valence-electron chi connectivity index (χ1n) is 7.00. The number of rotatable bonds is 7. The Morgan fingerprint density at radius 3 is 2.79 bits per heavy atom. The molecule has 4 heteroatoms. The van der Waals surface area contributed by atoms with Crippen molar-refractivity contribution in [2.75, 3.05) is 6.54 Å². The Kier molecular flexibility index (Phi) is 4.80. The quantitative estimate of drug-likeness (QED) is 0.831. The summed E-state index contributed by atoms with van der Waals surface area (Å²) in [5, 5.41) is 8.16. The van der Waals surface area contributed by atoms with E-state index in [2.05, 4.69) is 37.3 Å². The van der Waals surface area contributed by atoms with Crippen molar-refractivity contribution >= 4 is 0 Å². The summed E-state index contributed by atoms with van der Waals surface area (Å²) < 4.78 is 7.19. The van der Waals surface area contributed by atoms with Crippen LogP contribution in [0.4, 0.5) is 0 Å².